The molecule has 0 aromatic heterocycles. The Morgan fingerprint density at radius 1 is 1.11 bits per heavy atom. The minimum Gasteiger partial charge on any atom is -0.283 e. The summed E-state index contributed by atoms with van der Waals surface area (Å²) in [6.45, 7) is 1.52. The SMILES string of the molecule is N#CCN(Cc1ccc2c(c1)CCC2)C1CCCC1. The molecule has 1 aromatic carbocycles. The number of rotatable bonds is 4. The molecule has 19 heavy (non-hydrogen) atoms. The summed E-state index contributed by atoms with van der Waals surface area (Å²) in [5, 5.41) is 9.04. The molecule has 0 amide bonds. The average Bonchev–Trinajstić information content (AvgIpc) is 3.09. The third kappa shape index (κ3) is 2.82. The van der Waals surface area contributed by atoms with Gasteiger partial charge in [-0.1, -0.05) is 31.0 Å². The van der Waals surface area contributed by atoms with Gasteiger partial charge >= 0.3 is 0 Å². The van der Waals surface area contributed by atoms with E-state index in [9.17, 15) is 0 Å². The summed E-state index contributed by atoms with van der Waals surface area (Å²) < 4.78 is 0. The number of fused-ring (bicyclic) bond motifs is 1. The second-order valence-electron chi connectivity index (χ2n) is 5.96. The van der Waals surface area contributed by atoms with Crippen molar-refractivity contribution in [3.63, 3.8) is 0 Å². The molecule has 2 aliphatic rings. The van der Waals surface area contributed by atoms with E-state index in [4.69, 9.17) is 5.26 Å². The normalized spacial score (nSPS) is 18.7. The molecule has 0 spiro atoms. The highest BCUT2D eigenvalue weighted by Crippen LogP contribution is 2.27. The summed E-state index contributed by atoms with van der Waals surface area (Å²) in [5.41, 5.74) is 4.47. The number of nitriles is 1. The van der Waals surface area contributed by atoms with Crippen molar-refractivity contribution in [3.05, 3.63) is 34.9 Å². The van der Waals surface area contributed by atoms with Gasteiger partial charge in [0.25, 0.3) is 0 Å². The minimum atomic E-state index is 0.571. The maximum atomic E-state index is 9.04. The Morgan fingerprint density at radius 3 is 2.68 bits per heavy atom. The zero-order valence-electron chi connectivity index (χ0n) is 11.6. The quantitative estimate of drug-likeness (QED) is 0.770. The van der Waals surface area contributed by atoms with Crippen molar-refractivity contribution >= 4 is 0 Å². The number of nitrogens with zero attached hydrogens (tertiary/aromatic N) is 2. The molecule has 2 aliphatic carbocycles. The van der Waals surface area contributed by atoms with Crippen molar-refractivity contribution in [2.75, 3.05) is 6.54 Å². The van der Waals surface area contributed by atoms with Gasteiger partial charge in [0.05, 0.1) is 12.6 Å². The molecule has 0 saturated heterocycles. The second-order valence-corrected chi connectivity index (χ2v) is 5.96. The molecule has 0 heterocycles. The summed E-state index contributed by atoms with van der Waals surface area (Å²) in [5.74, 6) is 0. The molecule has 1 aromatic rings. The molecule has 0 bridgehead atoms. The van der Waals surface area contributed by atoms with E-state index >= 15 is 0 Å². The first kappa shape index (κ1) is 12.7. The first-order chi connectivity index (χ1) is 9.36. The average molecular weight is 254 g/mol. The van der Waals surface area contributed by atoms with E-state index in [1.54, 1.807) is 5.56 Å². The van der Waals surface area contributed by atoms with Gasteiger partial charge in [0.1, 0.15) is 0 Å². The maximum absolute atomic E-state index is 9.04. The smallest absolute Gasteiger partial charge is 0.0871 e. The van der Waals surface area contributed by atoms with Crippen LogP contribution in [0.3, 0.4) is 0 Å². The largest absolute Gasteiger partial charge is 0.283 e. The monoisotopic (exact) mass is 254 g/mol. The summed E-state index contributed by atoms with van der Waals surface area (Å²) in [4.78, 5) is 2.38. The summed E-state index contributed by atoms with van der Waals surface area (Å²) in [6, 6.07) is 9.92. The topological polar surface area (TPSA) is 27.0 Å². The fourth-order valence-electron chi connectivity index (χ4n) is 3.63. The van der Waals surface area contributed by atoms with Gasteiger partial charge in [0, 0.05) is 12.6 Å². The molecule has 2 nitrogen and oxygen atoms in total. The molecule has 2 heteroatoms. The van der Waals surface area contributed by atoms with Gasteiger partial charge in [0.2, 0.25) is 0 Å². The zero-order chi connectivity index (χ0) is 13.1. The Balaban J connectivity index is 1.72. The zero-order valence-corrected chi connectivity index (χ0v) is 11.6. The number of hydrogen-bond donors (Lipinski definition) is 0. The van der Waals surface area contributed by atoms with E-state index in [1.807, 2.05) is 0 Å². The third-order valence-electron chi connectivity index (χ3n) is 4.66. The van der Waals surface area contributed by atoms with Crippen molar-refractivity contribution in [1.29, 1.82) is 5.26 Å². The number of benzene rings is 1. The Kier molecular flexibility index (Phi) is 3.84. The van der Waals surface area contributed by atoms with Crippen LogP contribution in [0.25, 0.3) is 0 Å². The predicted molar refractivity (Wildman–Crippen MR) is 76.7 cm³/mol. The Hall–Kier alpha value is -1.33. The summed E-state index contributed by atoms with van der Waals surface area (Å²) >= 11 is 0. The van der Waals surface area contributed by atoms with E-state index in [2.05, 4.69) is 29.2 Å². The van der Waals surface area contributed by atoms with Crippen LogP contribution in [0, 0.1) is 11.3 Å². The van der Waals surface area contributed by atoms with Gasteiger partial charge in [-0.2, -0.15) is 5.26 Å². The van der Waals surface area contributed by atoms with Crippen molar-refractivity contribution in [3.8, 4) is 6.07 Å². The van der Waals surface area contributed by atoms with Crippen LogP contribution >= 0.6 is 0 Å². The van der Waals surface area contributed by atoms with Crippen LogP contribution in [0.1, 0.15) is 48.8 Å². The fraction of sp³-hybridized carbons (Fsp3) is 0.588. The molecular weight excluding hydrogens is 232 g/mol. The highest BCUT2D eigenvalue weighted by molar-refractivity contribution is 5.35. The van der Waals surface area contributed by atoms with Crippen LogP contribution in [-0.2, 0) is 19.4 Å². The van der Waals surface area contributed by atoms with Crippen LogP contribution in [0.4, 0.5) is 0 Å². The van der Waals surface area contributed by atoms with E-state index in [-0.39, 0.29) is 0 Å². The Bertz CT molecular complexity index is 481. The van der Waals surface area contributed by atoms with Crippen LogP contribution < -0.4 is 0 Å². The van der Waals surface area contributed by atoms with E-state index in [0.717, 1.165) is 6.54 Å². The van der Waals surface area contributed by atoms with Gasteiger partial charge in [-0.25, -0.2) is 0 Å². The van der Waals surface area contributed by atoms with Crippen LogP contribution in [-0.4, -0.2) is 17.5 Å². The van der Waals surface area contributed by atoms with Gasteiger partial charge in [-0.3, -0.25) is 4.90 Å². The summed E-state index contributed by atoms with van der Waals surface area (Å²) in [6.07, 6.45) is 9.00. The van der Waals surface area contributed by atoms with Crippen molar-refractivity contribution < 1.29 is 0 Å². The molecule has 0 radical (unpaired) electrons. The Labute approximate surface area is 116 Å². The fourth-order valence-corrected chi connectivity index (χ4v) is 3.63. The third-order valence-corrected chi connectivity index (χ3v) is 4.66. The lowest BCUT2D eigenvalue weighted by Gasteiger charge is -2.26. The molecule has 1 fully saturated rings. The lowest BCUT2D eigenvalue weighted by Crippen LogP contribution is -2.33. The van der Waals surface area contributed by atoms with Gasteiger partial charge in [-0.05, 0) is 48.8 Å². The van der Waals surface area contributed by atoms with Gasteiger partial charge in [-0.15, -0.1) is 0 Å². The van der Waals surface area contributed by atoms with Crippen molar-refractivity contribution in [2.45, 2.75) is 57.5 Å². The molecule has 0 N–H and O–H groups in total. The predicted octanol–water partition coefficient (Wildman–Crippen LogP) is 3.44. The van der Waals surface area contributed by atoms with Crippen LogP contribution in [0.15, 0.2) is 18.2 Å². The highest BCUT2D eigenvalue weighted by atomic mass is 15.2. The lowest BCUT2D eigenvalue weighted by molar-refractivity contribution is 0.214. The molecule has 0 aliphatic heterocycles. The van der Waals surface area contributed by atoms with E-state index < -0.39 is 0 Å². The first-order valence-corrected chi connectivity index (χ1v) is 7.58. The van der Waals surface area contributed by atoms with Crippen molar-refractivity contribution in [2.24, 2.45) is 0 Å². The highest BCUT2D eigenvalue weighted by Gasteiger charge is 2.22. The number of aryl methyl sites for hydroxylation is 2. The molecule has 3 rings (SSSR count). The van der Waals surface area contributed by atoms with Crippen molar-refractivity contribution in [1.82, 2.24) is 4.90 Å². The van der Waals surface area contributed by atoms with Crippen LogP contribution in [0.2, 0.25) is 0 Å². The molecule has 0 unspecified atom stereocenters. The number of hydrogen-bond acceptors (Lipinski definition) is 2. The van der Waals surface area contributed by atoms with Gasteiger partial charge in [0.15, 0.2) is 0 Å². The van der Waals surface area contributed by atoms with Gasteiger partial charge < -0.3 is 0 Å². The molecule has 1 saturated carbocycles. The molecule has 0 atom stereocenters. The molecule has 100 valence electrons. The summed E-state index contributed by atoms with van der Waals surface area (Å²) in [7, 11) is 0. The van der Waals surface area contributed by atoms with E-state index in [1.165, 1.54) is 56.1 Å². The lowest BCUT2D eigenvalue weighted by atomic mass is 10.1. The first-order valence-electron chi connectivity index (χ1n) is 7.58. The maximum Gasteiger partial charge on any atom is 0.0871 e. The Morgan fingerprint density at radius 2 is 1.89 bits per heavy atom. The second kappa shape index (κ2) is 5.75. The van der Waals surface area contributed by atoms with Crippen LogP contribution in [0.5, 0.6) is 0 Å². The standard InChI is InChI=1S/C17H22N2/c18-10-11-19(17-6-1-2-7-17)13-14-8-9-15-4-3-5-16(15)12-14/h8-9,12,17H,1-7,11,13H2. The molecular formula is C17H22N2. The van der Waals surface area contributed by atoms with E-state index in [0.29, 0.717) is 12.6 Å². The minimum absolute atomic E-state index is 0.571.